The lowest BCUT2D eigenvalue weighted by Gasteiger charge is -2.43. The van der Waals surface area contributed by atoms with Crippen LogP contribution in [-0.2, 0) is 4.57 Å². The van der Waals surface area contributed by atoms with Crippen molar-refractivity contribution < 1.29 is 9.30 Å². The lowest BCUT2D eigenvalue weighted by atomic mass is 10.0. The summed E-state index contributed by atoms with van der Waals surface area (Å²) in [6.45, 7) is 14.4. The molecular weight excluding hydrogens is 639 g/mol. The van der Waals surface area contributed by atoms with Crippen LogP contribution in [0.3, 0.4) is 0 Å². The number of nitrogens with one attached hydrogen (secondary N) is 2. The highest BCUT2D eigenvalue weighted by Crippen LogP contribution is 2.48. The van der Waals surface area contributed by atoms with Gasteiger partial charge in [-0.3, -0.25) is 14.9 Å². The molecule has 1 saturated carbocycles. The number of hydrogen-bond acceptors (Lipinski definition) is 10. The van der Waals surface area contributed by atoms with Crippen LogP contribution < -0.4 is 25.6 Å². The van der Waals surface area contributed by atoms with Crippen molar-refractivity contribution in [2.24, 2.45) is 0 Å². The van der Waals surface area contributed by atoms with Gasteiger partial charge in [0.25, 0.3) is 0 Å². The Morgan fingerprint density at radius 2 is 1.70 bits per heavy atom. The first-order valence-corrected chi connectivity index (χ1v) is 18.4. The summed E-state index contributed by atoms with van der Waals surface area (Å²) in [5.41, 5.74) is 5.58. The molecule has 2 aromatic heterocycles. The SMILES string of the molecule is COc1cc(N2CCN(C(C)(C)C)CC2)c(C2CC2)cc1Nc1ncc(Br)c(Nc2ccc3nccnc3c2P(C)(C)=O)n1. The molecule has 0 atom stereocenters. The smallest absolute Gasteiger partial charge is 0.229 e. The molecule has 0 spiro atoms. The van der Waals surface area contributed by atoms with Gasteiger partial charge in [0, 0.05) is 62.1 Å². The van der Waals surface area contributed by atoms with Crippen LogP contribution in [0.1, 0.15) is 45.1 Å². The summed E-state index contributed by atoms with van der Waals surface area (Å²) in [6, 6.07) is 8.12. The van der Waals surface area contributed by atoms with E-state index in [1.807, 2.05) is 12.1 Å². The number of piperazine rings is 1. The summed E-state index contributed by atoms with van der Waals surface area (Å²) in [7, 11) is -1.03. The maximum Gasteiger partial charge on any atom is 0.229 e. The Morgan fingerprint density at radius 1 is 0.977 bits per heavy atom. The monoisotopic (exact) mass is 678 g/mol. The zero-order valence-corrected chi connectivity index (χ0v) is 28.7. The molecule has 1 aliphatic carbocycles. The number of aromatic nitrogens is 4. The lowest BCUT2D eigenvalue weighted by Crippen LogP contribution is -2.53. The van der Waals surface area contributed by atoms with Crippen molar-refractivity contribution in [1.82, 2.24) is 24.8 Å². The topological polar surface area (TPSA) is 108 Å². The number of fused-ring (bicyclic) bond motifs is 1. The van der Waals surface area contributed by atoms with Gasteiger partial charge in [-0.25, -0.2) is 4.98 Å². The first-order chi connectivity index (χ1) is 20.9. The van der Waals surface area contributed by atoms with Crippen molar-refractivity contribution in [3.8, 4) is 5.75 Å². The fourth-order valence-electron chi connectivity index (χ4n) is 5.90. The second-order valence-corrected chi connectivity index (χ2v) is 16.9. The Kier molecular flexibility index (Phi) is 8.32. The summed E-state index contributed by atoms with van der Waals surface area (Å²) >= 11 is 3.59. The highest BCUT2D eigenvalue weighted by Gasteiger charge is 2.32. The number of ether oxygens (including phenoxy) is 1. The lowest BCUT2D eigenvalue weighted by molar-refractivity contribution is 0.128. The number of halogens is 1. The molecule has 0 radical (unpaired) electrons. The van der Waals surface area contributed by atoms with Crippen LogP contribution in [-0.4, -0.2) is 77.0 Å². The van der Waals surface area contributed by atoms with E-state index in [9.17, 15) is 4.57 Å². The number of nitrogens with zero attached hydrogens (tertiary/aromatic N) is 6. The van der Waals surface area contributed by atoms with Crippen LogP contribution in [0.25, 0.3) is 11.0 Å². The van der Waals surface area contributed by atoms with Gasteiger partial charge in [-0.1, -0.05) is 0 Å². The third-order valence-electron chi connectivity index (χ3n) is 8.33. The number of rotatable bonds is 8. The quantitative estimate of drug-likeness (QED) is 0.195. The molecule has 44 heavy (non-hydrogen) atoms. The second-order valence-electron chi connectivity index (χ2n) is 12.9. The highest BCUT2D eigenvalue weighted by molar-refractivity contribution is 9.10. The van der Waals surface area contributed by atoms with Gasteiger partial charge in [-0.15, -0.1) is 0 Å². The molecule has 2 aliphatic rings. The van der Waals surface area contributed by atoms with E-state index >= 15 is 0 Å². The Morgan fingerprint density at radius 3 is 2.36 bits per heavy atom. The maximum absolute atomic E-state index is 13.4. The predicted octanol–water partition coefficient (Wildman–Crippen LogP) is 6.72. The second kappa shape index (κ2) is 11.9. The summed E-state index contributed by atoms with van der Waals surface area (Å²) in [5.74, 6) is 2.25. The van der Waals surface area contributed by atoms with Crippen LogP contribution in [0.5, 0.6) is 5.75 Å². The largest absolute Gasteiger partial charge is 0.494 e. The third-order valence-corrected chi connectivity index (χ3v) is 10.4. The first kappa shape index (κ1) is 30.7. The number of benzene rings is 2. The van der Waals surface area contributed by atoms with Crippen molar-refractivity contribution in [2.45, 2.75) is 45.1 Å². The van der Waals surface area contributed by atoms with E-state index in [-0.39, 0.29) is 5.54 Å². The van der Waals surface area contributed by atoms with Gasteiger partial charge in [0.05, 0.1) is 33.8 Å². The van der Waals surface area contributed by atoms with E-state index in [2.05, 4.69) is 84.2 Å². The third kappa shape index (κ3) is 6.41. The highest BCUT2D eigenvalue weighted by atomic mass is 79.9. The average molecular weight is 680 g/mol. The first-order valence-electron chi connectivity index (χ1n) is 15.0. The fourth-order valence-corrected chi connectivity index (χ4v) is 7.58. The Hall–Kier alpha value is -3.27. The standard InChI is InChI=1S/C32H40BrN8O2P/c1-32(2,3)41-15-13-40(14-16-41)26-18-27(43-4)25(17-21(26)20-7-8-20)38-31-36-19-22(33)30(39-31)37-24-10-9-23-28(35-12-11-34-23)29(24)44(5,6)42/h9-12,17-20H,7-8,13-16H2,1-6H3,(H2,36,37,38,39). The van der Waals surface area contributed by atoms with Crippen molar-refractivity contribution >= 4 is 68.2 Å². The minimum absolute atomic E-state index is 0.173. The van der Waals surface area contributed by atoms with Crippen molar-refractivity contribution in [2.75, 3.05) is 62.2 Å². The van der Waals surface area contributed by atoms with Crippen LogP contribution in [0.15, 0.2) is 47.3 Å². The molecule has 1 saturated heterocycles. The summed E-state index contributed by atoms with van der Waals surface area (Å²) < 4.78 is 20.0. The van der Waals surface area contributed by atoms with E-state index in [0.717, 1.165) is 37.6 Å². The van der Waals surface area contributed by atoms with Crippen LogP contribution in [0.2, 0.25) is 0 Å². The van der Waals surface area contributed by atoms with Gasteiger partial charge in [0.15, 0.2) is 0 Å². The molecule has 3 heterocycles. The summed E-state index contributed by atoms with van der Waals surface area (Å²) in [6.07, 6.45) is 7.35. The average Bonchev–Trinajstić information content (AvgIpc) is 3.83. The van der Waals surface area contributed by atoms with Gasteiger partial charge >= 0.3 is 0 Å². The molecule has 12 heteroatoms. The van der Waals surface area contributed by atoms with Gasteiger partial charge < -0.3 is 24.8 Å². The zero-order chi connectivity index (χ0) is 31.2. The molecule has 0 amide bonds. The minimum Gasteiger partial charge on any atom is -0.494 e. The molecule has 232 valence electrons. The zero-order valence-electron chi connectivity index (χ0n) is 26.2. The van der Waals surface area contributed by atoms with E-state index in [4.69, 9.17) is 9.72 Å². The van der Waals surface area contributed by atoms with Gasteiger partial charge in [0.1, 0.15) is 24.2 Å². The van der Waals surface area contributed by atoms with Crippen molar-refractivity contribution in [3.05, 3.63) is 52.9 Å². The molecule has 6 rings (SSSR count). The van der Waals surface area contributed by atoms with Crippen LogP contribution >= 0.6 is 23.1 Å². The molecule has 0 unspecified atom stereocenters. The van der Waals surface area contributed by atoms with Crippen LogP contribution in [0.4, 0.5) is 28.8 Å². The van der Waals surface area contributed by atoms with Crippen LogP contribution in [0, 0.1) is 0 Å². The molecule has 4 aromatic rings. The minimum atomic E-state index is -2.73. The molecule has 2 fully saturated rings. The molecule has 1 aliphatic heterocycles. The van der Waals surface area contributed by atoms with E-state index in [1.54, 1.807) is 39.0 Å². The molecule has 2 aromatic carbocycles. The van der Waals surface area contributed by atoms with E-state index in [0.29, 0.717) is 44.2 Å². The van der Waals surface area contributed by atoms with E-state index in [1.165, 1.54) is 24.1 Å². The Bertz CT molecular complexity index is 1740. The van der Waals surface area contributed by atoms with Crippen molar-refractivity contribution in [1.29, 1.82) is 0 Å². The molecular formula is C32H40BrN8O2P. The fraction of sp³-hybridized carbons (Fsp3) is 0.438. The molecule has 10 nitrogen and oxygen atoms in total. The Balaban J connectivity index is 1.30. The number of hydrogen-bond donors (Lipinski definition) is 2. The van der Waals surface area contributed by atoms with Crippen molar-refractivity contribution in [3.63, 3.8) is 0 Å². The Labute approximate surface area is 267 Å². The van der Waals surface area contributed by atoms with Gasteiger partial charge in [-0.05, 0) is 92.6 Å². The van der Waals surface area contributed by atoms with Gasteiger partial charge in [-0.2, -0.15) is 4.98 Å². The summed E-state index contributed by atoms with van der Waals surface area (Å²) in [4.78, 5) is 23.3. The molecule has 0 bridgehead atoms. The van der Waals surface area contributed by atoms with E-state index < -0.39 is 7.14 Å². The van der Waals surface area contributed by atoms with Gasteiger partial charge in [0.2, 0.25) is 5.95 Å². The maximum atomic E-state index is 13.4. The predicted molar refractivity (Wildman–Crippen MR) is 183 cm³/mol. The number of anilines is 5. The molecule has 2 N–H and O–H groups in total. The summed E-state index contributed by atoms with van der Waals surface area (Å²) in [5, 5.41) is 7.44. The number of methoxy groups -OCH3 is 1. The normalized spacial score (nSPS) is 16.3.